The fourth-order valence-electron chi connectivity index (χ4n) is 2.27. The minimum Gasteiger partial charge on any atom is -0.497 e. The summed E-state index contributed by atoms with van der Waals surface area (Å²) < 4.78 is 7.34. The molecule has 0 spiro atoms. The van der Waals surface area contributed by atoms with Crippen LogP contribution in [0.5, 0.6) is 5.75 Å². The van der Waals surface area contributed by atoms with Crippen LogP contribution in [0.25, 0.3) is 16.7 Å². The molecule has 0 unspecified atom stereocenters. The molecule has 0 N–H and O–H groups in total. The van der Waals surface area contributed by atoms with Gasteiger partial charge in [-0.15, -0.1) is 0 Å². The Morgan fingerprint density at radius 1 is 1.18 bits per heavy atom. The summed E-state index contributed by atoms with van der Waals surface area (Å²) in [7, 11) is 1.66. The lowest BCUT2D eigenvalue weighted by molar-refractivity contribution is 0.414. The smallest absolute Gasteiger partial charge is 0.173 e. The molecule has 3 aromatic rings. The second-order valence-electron chi connectivity index (χ2n) is 4.67. The highest BCUT2D eigenvalue weighted by Gasteiger charge is 2.12. The second kappa shape index (κ2) is 6.54. The summed E-state index contributed by atoms with van der Waals surface area (Å²) >= 11 is 1.60. The monoisotopic (exact) mass is 309 g/mol. The van der Waals surface area contributed by atoms with Crippen molar-refractivity contribution in [3.63, 3.8) is 0 Å². The zero-order chi connectivity index (χ0) is 15.4. The van der Waals surface area contributed by atoms with Gasteiger partial charge in [0.15, 0.2) is 5.16 Å². The van der Waals surface area contributed by atoms with E-state index >= 15 is 0 Å². The number of thioether (sulfide) groups is 1. The molecule has 0 fully saturated rings. The fourth-order valence-corrected chi connectivity index (χ4v) is 3.14. The number of fused-ring (bicyclic) bond motifs is 1. The van der Waals surface area contributed by atoms with Gasteiger partial charge >= 0.3 is 0 Å². The molecule has 0 aliphatic heterocycles. The number of aromatic nitrogens is 2. The molecular formula is C17H15N3OS. The van der Waals surface area contributed by atoms with Crippen molar-refractivity contribution in [2.24, 2.45) is 0 Å². The van der Waals surface area contributed by atoms with Crippen molar-refractivity contribution in [1.82, 2.24) is 9.55 Å². The third-order valence-electron chi connectivity index (χ3n) is 3.31. The van der Waals surface area contributed by atoms with Gasteiger partial charge < -0.3 is 4.74 Å². The summed E-state index contributed by atoms with van der Waals surface area (Å²) in [5.74, 6) is 1.56. The zero-order valence-corrected chi connectivity index (χ0v) is 13.0. The molecule has 5 heteroatoms. The van der Waals surface area contributed by atoms with E-state index in [9.17, 15) is 0 Å². The number of benzene rings is 2. The lowest BCUT2D eigenvalue weighted by atomic mass is 10.2. The first kappa shape index (κ1) is 14.5. The molecule has 0 aliphatic carbocycles. The Bertz CT molecular complexity index is 818. The zero-order valence-electron chi connectivity index (χ0n) is 12.2. The summed E-state index contributed by atoms with van der Waals surface area (Å²) in [5.41, 5.74) is 3.05. The van der Waals surface area contributed by atoms with E-state index in [2.05, 4.69) is 21.7 Å². The molecule has 0 amide bonds. The van der Waals surface area contributed by atoms with E-state index in [0.29, 0.717) is 6.42 Å². The number of hydrogen-bond donors (Lipinski definition) is 0. The molecule has 0 bridgehead atoms. The van der Waals surface area contributed by atoms with Gasteiger partial charge in [0, 0.05) is 17.9 Å². The first-order valence-electron chi connectivity index (χ1n) is 6.95. The molecule has 3 rings (SSSR count). The fraction of sp³-hybridized carbons (Fsp3) is 0.176. The molecule has 1 aromatic heterocycles. The highest BCUT2D eigenvalue weighted by Crippen LogP contribution is 2.29. The molecule has 0 saturated heterocycles. The van der Waals surface area contributed by atoms with Gasteiger partial charge in [0.1, 0.15) is 5.75 Å². The topological polar surface area (TPSA) is 50.8 Å². The number of nitrogens with zero attached hydrogens (tertiary/aromatic N) is 3. The Morgan fingerprint density at radius 2 is 1.95 bits per heavy atom. The van der Waals surface area contributed by atoms with Gasteiger partial charge in [-0.3, -0.25) is 4.57 Å². The van der Waals surface area contributed by atoms with Crippen LogP contribution in [-0.2, 0) is 0 Å². The first-order chi connectivity index (χ1) is 10.8. The Labute approximate surface area is 133 Å². The third-order valence-corrected chi connectivity index (χ3v) is 4.25. The maximum atomic E-state index is 8.72. The summed E-state index contributed by atoms with van der Waals surface area (Å²) in [6, 6.07) is 18.1. The summed E-state index contributed by atoms with van der Waals surface area (Å²) in [6.07, 6.45) is 0.510. The average molecular weight is 309 g/mol. The summed E-state index contributed by atoms with van der Waals surface area (Å²) in [6.45, 7) is 0. The number of methoxy groups -OCH3 is 1. The van der Waals surface area contributed by atoms with Crippen LogP contribution in [0.4, 0.5) is 0 Å². The molecule has 0 saturated carbocycles. The van der Waals surface area contributed by atoms with Crippen LogP contribution < -0.4 is 4.74 Å². The van der Waals surface area contributed by atoms with Crippen molar-refractivity contribution in [1.29, 1.82) is 5.26 Å². The van der Waals surface area contributed by atoms with Gasteiger partial charge in [-0.2, -0.15) is 5.26 Å². The molecule has 22 heavy (non-hydrogen) atoms. The van der Waals surface area contributed by atoms with Gasteiger partial charge in [-0.25, -0.2) is 4.98 Å². The number of ether oxygens (including phenoxy) is 1. The van der Waals surface area contributed by atoms with Crippen LogP contribution in [0, 0.1) is 11.3 Å². The van der Waals surface area contributed by atoms with E-state index in [1.807, 2.05) is 42.5 Å². The SMILES string of the molecule is COc1ccc(-n2c(SCCC#N)nc3ccccc32)cc1. The lowest BCUT2D eigenvalue weighted by Gasteiger charge is -2.09. The predicted molar refractivity (Wildman–Crippen MR) is 88.6 cm³/mol. The van der Waals surface area contributed by atoms with Gasteiger partial charge in [-0.1, -0.05) is 23.9 Å². The van der Waals surface area contributed by atoms with E-state index in [0.717, 1.165) is 33.4 Å². The molecule has 0 radical (unpaired) electrons. The van der Waals surface area contributed by atoms with Gasteiger partial charge in [-0.05, 0) is 36.4 Å². The van der Waals surface area contributed by atoms with E-state index in [1.165, 1.54) is 0 Å². The highest BCUT2D eigenvalue weighted by atomic mass is 32.2. The maximum Gasteiger partial charge on any atom is 0.173 e. The van der Waals surface area contributed by atoms with Crippen molar-refractivity contribution < 1.29 is 4.74 Å². The number of imidazole rings is 1. The van der Waals surface area contributed by atoms with Crippen LogP contribution in [0.15, 0.2) is 53.7 Å². The van der Waals surface area contributed by atoms with Crippen LogP contribution in [0.2, 0.25) is 0 Å². The largest absolute Gasteiger partial charge is 0.497 e. The van der Waals surface area contributed by atoms with Crippen molar-refractivity contribution >= 4 is 22.8 Å². The number of rotatable bonds is 5. The average Bonchev–Trinajstić information content (AvgIpc) is 2.93. The van der Waals surface area contributed by atoms with Crippen molar-refractivity contribution in [3.8, 4) is 17.5 Å². The van der Waals surface area contributed by atoms with E-state index < -0.39 is 0 Å². The second-order valence-corrected chi connectivity index (χ2v) is 5.74. The Morgan fingerprint density at radius 3 is 2.68 bits per heavy atom. The normalized spacial score (nSPS) is 10.5. The third kappa shape index (κ3) is 2.78. The van der Waals surface area contributed by atoms with Gasteiger partial charge in [0.2, 0.25) is 0 Å². The standard InChI is InChI=1S/C17H15N3OS/c1-21-14-9-7-13(8-10-14)20-16-6-3-2-5-15(16)19-17(20)22-12-4-11-18/h2-3,5-10H,4,12H2,1H3. The highest BCUT2D eigenvalue weighted by molar-refractivity contribution is 7.99. The molecule has 2 aromatic carbocycles. The number of hydrogen-bond acceptors (Lipinski definition) is 4. The molecule has 0 aliphatic rings. The first-order valence-corrected chi connectivity index (χ1v) is 7.93. The van der Waals surface area contributed by atoms with Crippen molar-refractivity contribution in [3.05, 3.63) is 48.5 Å². The molecule has 1 heterocycles. The van der Waals surface area contributed by atoms with E-state index in [1.54, 1.807) is 18.9 Å². The van der Waals surface area contributed by atoms with Crippen LogP contribution in [0.1, 0.15) is 6.42 Å². The minimum absolute atomic E-state index is 0.510. The number of para-hydroxylation sites is 2. The molecular weight excluding hydrogens is 294 g/mol. The molecule has 4 nitrogen and oxygen atoms in total. The minimum atomic E-state index is 0.510. The van der Waals surface area contributed by atoms with Crippen molar-refractivity contribution in [2.75, 3.05) is 12.9 Å². The predicted octanol–water partition coefficient (Wildman–Crippen LogP) is 4.04. The molecule has 0 atom stereocenters. The Balaban J connectivity index is 2.08. The Kier molecular flexibility index (Phi) is 4.31. The quantitative estimate of drug-likeness (QED) is 0.527. The number of nitriles is 1. The van der Waals surface area contributed by atoms with E-state index in [4.69, 9.17) is 10.00 Å². The maximum absolute atomic E-state index is 8.72. The Hall–Kier alpha value is -2.45. The lowest BCUT2D eigenvalue weighted by Crippen LogP contribution is -1.97. The van der Waals surface area contributed by atoms with Gasteiger partial charge in [0.25, 0.3) is 0 Å². The van der Waals surface area contributed by atoms with E-state index in [-0.39, 0.29) is 0 Å². The van der Waals surface area contributed by atoms with Crippen LogP contribution >= 0.6 is 11.8 Å². The van der Waals surface area contributed by atoms with Crippen molar-refractivity contribution in [2.45, 2.75) is 11.6 Å². The van der Waals surface area contributed by atoms with Gasteiger partial charge in [0.05, 0.1) is 24.2 Å². The summed E-state index contributed by atoms with van der Waals surface area (Å²) in [4.78, 5) is 4.69. The summed E-state index contributed by atoms with van der Waals surface area (Å²) in [5, 5.41) is 9.63. The van der Waals surface area contributed by atoms with Crippen LogP contribution in [-0.4, -0.2) is 22.4 Å². The molecule has 110 valence electrons. The van der Waals surface area contributed by atoms with Crippen LogP contribution in [0.3, 0.4) is 0 Å².